The molecule has 0 bridgehead atoms. The van der Waals surface area contributed by atoms with E-state index < -0.39 is 0 Å². The van der Waals surface area contributed by atoms with Gasteiger partial charge in [-0.2, -0.15) is 0 Å². The number of nitrogens with zero attached hydrogens (tertiary/aromatic N) is 1. The minimum absolute atomic E-state index is 0.223. The molecule has 0 aromatic carbocycles. The van der Waals surface area contributed by atoms with E-state index in [4.69, 9.17) is 0 Å². The van der Waals surface area contributed by atoms with E-state index in [-0.39, 0.29) is 5.41 Å². The molecule has 2 rings (SSSR count). The molecule has 1 unspecified atom stereocenters. The van der Waals surface area contributed by atoms with Gasteiger partial charge in [0.2, 0.25) is 5.91 Å². The van der Waals surface area contributed by atoms with E-state index in [0.717, 1.165) is 13.1 Å². The molecule has 1 N–H and O–H groups in total. The molecule has 1 atom stereocenters. The van der Waals surface area contributed by atoms with E-state index >= 15 is 0 Å². The number of carbonyl (C=O) groups is 1. The van der Waals surface area contributed by atoms with Crippen LogP contribution >= 0.6 is 0 Å². The fourth-order valence-electron chi connectivity index (χ4n) is 3.73. The van der Waals surface area contributed by atoms with Crippen LogP contribution in [0.25, 0.3) is 0 Å². The summed E-state index contributed by atoms with van der Waals surface area (Å²) in [6.07, 6.45) is 8.69. The molecule has 0 radical (unpaired) electrons. The van der Waals surface area contributed by atoms with Gasteiger partial charge in [-0.15, -0.1) is 0 Å². The van der Waals surface area contributed by atoms with Gasteiger partial charge < -0.3 is 10.2 Å². The van der Waals surface area contributed by atoms with Crippen molar-refractivity contribution >= 4 is 5.91 Å². The van der Waals surface area contributed by atoms with Gasteiger partial charge in [-0.05, 0) is 44.7 Å². The van der Waals surface area contributed by atoms with Crippen molar-refractivity contribution in [3.05, 3.63) is 0 Å². The third-order valence-corrected chi connectivity index (χ3v) is 5.31. The summed E-state index contributed by atoms with van der Waals surface area (Å²) in [7, 11) is 2.02. The predicted octanol–water partition coefficient (Wildman–Crippen LogP) is 2.80. The zero-order valence-corrected chi connectivity index (χ0v) is 12.9. The van der Waals surface area contributed by atoms with Gasteiger partial charge >= 0.3 is 0 Å². The van der Waals surface area contributed by atoms with E-state index in [1.54, 1.807) is 0 Å². The molecule has 1 aliphatic carbocycles. The van der Waals surface area contributed by atoms with E-state index in [9.17, 15) is 4.79 Å². The van der Waals surface area contributed by atoms with Crippen LogP contribution in [0.2, 0.25) is 0 Å². The smallest absolute Gasteiger partial charge is 0.228 e. The lowest BCUT2D eigenvalue weighted by Crippen LogP contribution is -2.50. The first-order chi connectivity index (χ1) is 9.03. The van der Waals surface area contributed by atoms with Crippen LogP contribution in [-0.2, 0) is 4.79 Å². The number of hydrogen-bond acceptors (Lipinski definition) is 2. The fourth-order valence-corrected chi connectivity index (χ4v) is 3.73. The monoisotopic (exact) mass is 266 g/mol. The van der Waals surface area contributed by atoms with Gasteiger partial charge in [0.15, 0.2) is 0 Å². The van der Waals surface area contributed by atoms with Crippen molar-refractivity contribution in [2.24, 2.45) is 11.3 Å². The summed E-state index contributed by atoms with van der Waals surface area (Å²) < 4.78 is 0. The molecule has 110 valence electrons. The number of carbonyl (C=O) groups excluding carboxylic acids is 1. The lowest BCUT2D eigenvalue weighted by molar-refractivity contribution is -0.145. The van der Waals surface area contributed by atoms with E-state index in [1.165, 1.54) is 44.9 Å². The van der Waals surface area contributed by atoms with Crippen molar-refractivity contribution < 1.29 is 4.79 Å². The summed E-state index contributed by atoms with van der Waals surface area (Å²) in [6, 6.07) is 0.483. The molecule has 0 aromatic heterocycles. The number of nitrogens with one attached hydrogen (secondary N) is 1. The van der Waals surface area contributed by atoms with Crippen LogP contribution in [0.5, 0.6) is 0 Å². The molecular weight excluding hydrogens is 236 g/mol. The number of hydrogen-bond donors (Lipinski definition) is 1. The summed E-state index contributed by atoms with van der Waals surface area (Å²) >= 11 is 0. The van der Waals surface area contributed by atoms with Crippen molar-refractivity contribution in [1.29, 1.82) is 0 Å². The molecule has 3 nitrogen and oxygen atoms in total. The third kappa shape index (κ3) is 3.31. The van der Waals surface area contributed by atoms with Gasteiger partial charge in [-0.3, -0.25) is 4.79 Å². The highest BCUT2D eigenvalue weighted by molar-refractivity contribution is 5.82. The minimum Gasteiger partial charge on any atom is -0.342 e. The zero-order valence-electron chi connectivity index (χ0n) is 12.9. The summed E-state index contributed by atoms with van der Waals surface area (Å²) in [5, 5.41) is 3.44. The van der Waals surface area contributed by atoms with E-state index in [2.05, 4.69) is 24.1 Å². The number of rotatable bonds is 3. The lowest BCUT2D eigenvalue weighted by atomic mass is 9.73. The Morgan fingerprint density at radius 1 is 1.11 bits per heavy atom. The first-order valence-corrected chi connectivity index (χ1v) is 8.01. The Morgan fingerprint density at radius 3 is 2.37 bits per heavy atom. The second kappa shape index (κ2) is 6.25. The predicted molar refractivity (Wildman–Crippen MR) is 79.0 cm³/mol. The van der Waals surface area contributed by atoms with Gasteiger partial charge in [-0.25, -0.2) is 0 Å². The van der Waals surface area contributed by atoms with Gasteiger partial charge in [0, 0.05) is 18.5 Å². The maximum absolute atomic E-state index is 12.9. The first kappa shape index (κ1) is 14.8. The average molecular weight is 266 g/mol. The standard InChI is InChI=1S/C16H30N2O/c1-16(2,13-8-7-11-17-12-13)15(19)18(3)14-9-5-4-6-10-14/h13-14,17H,4-12H2,1-3H3. The van der Waals surface area contributed by atoms with Gasteiger partial charge in [0.1, 0.15) is 0 Å². The first-order valence-electron chi connectivity index (χ1n) is 8.01. The van der Waals surface area contributed by atoms with Crippen molar-refractivity contribution in [3.63, 3.8) is 0 Å². The van der Waals surface area contributed by atoms with Crippen molar-refractivity contribution in [1.82, 2.24) is 10.2 Å². The van der Waals surface area contributed by atoms with Crippen molar-refractivity contribution in [3.8, 4) is 0 Å². The molecule has 1 aliphatic heterocycles. The van der Waals surface area contributed by atoms with Gasteiger partial charge in [0.25, 0.3) is 0 Å². The topological polar surface area (TPSA) is 32.3 Å². The summed E-state index contributed by atoms with van der Waals surface area (Å²) in [6.45, 7) is 6.40. The number of amides is 1. The molecule has 2 fully saturated rings. The van der Waals surface area contributed by atoms with Crippen LogP contribution in [0, 0.1) is 11.3 Å². The highest BCUT2D eigenvalue weighted by atomic mass is 16.2. The molecule has 0 aromatic rings. The highest BCUT2D eigenvalue weighted by Crippen LogP contribution is 2.35. The normalized spacial score (nSPS) is 26.2. The molecule has 0 spiro atoms. The maximum atomic E-state index is 12.9. The van der Waals surface area contributed by atoms with Crippen LogP contribution in [0.1, 0.15) is 58.8 Å². The molecule has 19 heavy (non-hydrogen) atoms. The fraction of sp³-hybridized carbons (Fsp3) is 0.938. The maximum Gasteiger partial charge on any atom is 0.228 e. The second-order valence-corrected chi connectivity index (χ2v) is 6.97. The SMILES string of the molecule is CN(C(=O)C(C)(C)C1CCCNC1)C1CCCCC1. The molecular formula is C16H30N2O. The van der Waals surface area contributed by atoms with Crippen LogP contribution in [0.3, 0.4) is 0 Å². The van der Waals surface area contributed by atoms with Crippen LogP contribution in [-0.4, -0.2) is 37.0 Å². The average Bonchev–Trinajstić information content (AvgIpc) is 2.47. The van der Waals surface area contributed by atoms with Gasteiger partial charge in [0.05, 0.1) is 0 Å². The lowest BCUT2D eigenvalue weighted by Gasteiger charge is -2.41. The number of piperidine rings is 1. The third-order valence-electron chi connectivity index (χ3n) is 5.31. The van der Waals surface area contributed by atoms with Gasteiger partial charge in [-0.1, -0.05) is 33.1 Å². The van der Waals surface area contributed by atoms with Crippen LogP contribution in [0.4, 0.5) is 0 Å². The Hall–Kier alpha value is -0.570. The molecule has 1 heterocycles. The Bertz CT molecular complexity index is 302. The minimum atomic E-state index is -0.223. The molecule has 3 heteroatoms. The summed E-state index contributed by atoms with van der Waals surface area (Å²) in [5.41, 5.74) is -0.223. The highest BCUT2D eigenvalue weighted by Gasteiger charge is 2.40. The van der Waals surface area contributed by atoms with E-state index in [1.807, 2.05) is 7.05 Å². The molecule has 2 aliphatic rings. The Balaban J connectivity index is 1.99. The summed E-state index contributed by atoms with van der Waals surface area (Å²) in [5.74, 6) is 0.841. The second-order valence-electron chi connectivity index (χ2n) is 6.97. The quantitative estimate of drug-likeness (QED) is 0.852. The van der Waals surface area contributed by atoms with Crippen molar-refractivity contribution in [2.75, 3.05) is 20.1 Å². The Kier molecular flexibility index (Phi) is 4.88. The van der Waals surface area contributed by atoms with Crippen LogP contribution in [0.15, 0.2) is 0 Å². The summed E-state index contributed by atoms with van der Waals surface area (Å²) in [4.78, 5) is 14.9. The van der Waals surface area contributed by atoms with E-state index in [0.29, 0.717) is 17.9 Å². The Morgan fingerprint density at radius 2 is 1.79 bits per heavy atom. The van der Waals surface area contributed by atoms with Crippen molar-refractivity contribution in [2.45, 2.75) is 64.8 Å². The molecule has 1 amide bonds. The molecule has 1 saturated carbocycles. The zero-order chi connectivity index (χ0) is 13.9. The largest absolute Gasteiger partial charge is 0.342 e. The van der Waals surface area contributed by atoms with Crippen LogP contribution < -0.4 is 5.32 Å². The molecule has 1 saturated heterocycles. The Labute approximate surface area is 118 Å².